The molecule has 1 aromatic heterocycles. The average molecular weight is 388 g/mol. The van der Waals surface area contributed by atoms with Gasteiger partial charge in [-0.3, -0.25) is 4.79 Å². The Morgan fingerprint density at radius 1 is 1.00 bits per heavy atom. The van der Waals surface area contributed by atoms with E-state index < -0.39 is 0 Å². The highest BCUT2D eigenvalue weighted by Crippen LogP contribution is 2.38. The standard InChI is InChI=1S/C19H20N2O5S/c1-23-12-6-5-7-15-17(12)21-19(27-15)20-16(22)10-11-8-13(24-2)18(26-4)14(9-11)25-3/h5-9H,10H2,1-4H3,(H,20,21,22). The molecule has 1 N–H and O–H groups in total. The zero-order valence-corrected chi connectivity index (χ0v) is 16.3. The average Bonchev–Trinajstić information content (AvgIpc) is 3.09. The van der Waals surface area contributed by atoms with Crippen molar-refractivity contribution in [2.45, 2.75) is 6.42 Å². The lowest BCUT2D eigenvalue weighted by atomic mass is 10.1. The Morgan fingerprint density at radius 2 is 1.67 bits per heavy atom. The first kappa shape index (κ1) is 18.8. The van der Waals surface area contributed by atoms with Crippen molar-refractivity contribution in [3.05, 3.63) is 35.9 Å². The van der Waals surface area contributed by atoms with Gasteiger partial charge in [-0.25, -0.2) is 4.98 Å². The second-order valence-electron chi connectivity index (χ2n) is 5.58. The summed E-state index contributed by atoms with van der Waals surface area (Å²) in [5, 5.41) is 3.36. The normalized spacial score (nSPS) is 10.5. The first-order valence-corrected chi connectivity index (χ1v) is 8.93. The van der Waals surface area contributed by atoms with Crippen molar-refractivity contribution < 1.29 is 23.7 Å². The molecule has 0 unspecified atom stereocenters. The van der Waals surface area contributed by atoms with E-state index in [9.17, 15) is 4.79 Å². The van der Waals surface area contributed by atoms with Gasteiger partial charge in [0.1, 0.15) is 11.3 Å². The van der Waals surface area contributed by atoms with Crippen molar-refractivity contribution in [1.29, 1.82) is 0 Å². The molecule has 3 aromatic rings. The second-order valence-corrected chi connectivity index (χ2v) is 6.62. The molecule has 0 fully saturated rings. The number of carbonyl (C=O) groups excluding carboxylic acids is 1. The third-order valence-electron chi connectivity index (χ3n) is 3.94. The first-order valence-electron chi connectivity index (χ1n) is 8.11. The van der Waals surface area contributed by atoms with E-state index in [0.29, 0.717) is 28.1 Å². The van der Waals surface area contributed by atoms with E-state index in [2.05, 4.69) is 10.3 Å². The summed E-state index contributed by atoms with van der Waals surface area (Å²) in [6.07, 6.45) is 0.143. The summed E-state index contributed by atoms with van der Waals surface area (Å²) >= 11 is 1.39. The molecule has 142 valence electrons. The summed E-state index contributed by atoms with van der Waals surface area (Å²) < 4.78 is 22.2. The lowest BCUT2D eigenvalue weighted by molar-refractivity contribution is -0.115. The van der Waals surface area contributed by atoms with Crippen LogP contribution in [0.2, 0.25) is 0 Å². The molecule has 2 aromatic carbocycles. The SMILES string of the molecule is COc1cc(CC(=O)Nc2nc3c(OC)cccc3s2)cc(OC)c1OC. The van der Waals surface area contributed by atoms with E-state index in [0.717, 1.165) is 15.8 Å². The molecule has 3 rings (SSSR count). The molecule has 0 atom stereocenters. The lowest BCUT2D eigenvalue weighted by Gasteiger charge is -2.13. The minimum absolute atomic E-state index is 0.143. The van der Waals surface area contributed by atoms with Crippen LogP contribution in [0.1, 0.15) is 5.56 Å². The summed E-state index contributed by atoms with van der Waals surface area (Å²) in [5.74, 6) is 1.98. The zero-order chi connectivity index (χ0) is 19.4. The van der Waals surface area contributed by atoms with Crippen LogP contribution in [0.4, 0.5) is 5.13 Å². The number of amides is 1. The zero-order valence-electron chi connectivity index (χ0n) is 15.5. The van der Waals surface area contributed by atoms with Gasteiger partial charge in [0.25, 0.3) is 0 Å². The fourth-order valence-electron chi connectivity index (χ4n) is 2.73. The van der Waals surface area contributed by atoms with E-state index in [4.69, 9.17) is 18.9 Å². The van der Waals surface area contributed by atoms with E-state index in [1.165, 1.54) is 32.7 Å². The number of aromatic nitrogens is 1. The van der Waals surface area contributed by atoms with E-state index in [1.807, 2.05) is 18.2 Å². The number of nitrogens with one attached hydrogen (secondary N) is 1. The number of hydrogen-bond donors (Lipinski definition) is 1. The number of ether oxygens (including phenoxy) is 4. The molecule has 7 nitrogen and oxygen atoms in total. The van der Waals surface area contributed by atoms with Crippen molar-refractivity contribution >= 4 is 32.6 Å². The monoisotopic (exact) mass is 388 g/mol. The molecular weight excluding hydrogens is 368 g/mol. The number of hydrogen-bond acceptors (Lipinski definition) is 7. The van der Waals surface area contributed by atoms with E-state index in [1.54, 1.807) is 19.2 Å². The maximum atomic E-state index is 12.5. The molecule has 27 heavy (non-hydrogen) atoms. The van der Waals surface area contributed by atoms with Gasteiger partial charge < -0.3 is 24.3 Å². The molecule has 1 heterocycles. The minimum Gasteiger partial charge on any atom is -0.494 e. The largest absolute Gasteiger partial charge is 0.494 e. The molecule has 0 spiro atoms. The molecule has 1 amide bonds. The lowest BCUT2D eigenvalue weighted by Crippen LogP contribution is -2.14. The number of methoxy groups -OCH3 is 4. The maximum absolute atomic E-state index is 12.5. The number of anilines is 1. The fraction of sp³-hybridized carbons (Fsp3) is 0.263. The Kier molecular flexibility index (Phi) is 5.66. The van der Waals surface area contributed by atoms with Crippen LogP contribution in [0.5, 0.6) is 23.0 Å². The maximum Gasteiger partial charge on any atom is 0.230 e. The quantitative estimate of drug-likeness (QED) is 0.667. The Balaban J connectivity index is 1.80. The number of benzene rings is 2. The topological polar surface area (TPSA) is 78.9 Å². The van der Waals surface area contributed by atoms with Crippen LogP contribution in [0.25, 0.3) is 10.2 Å². The van der Waals surface area contributed by atoms with Crippen LogP contribution in [0, 0.1) is 0 Å². The number of thiazole rings is 1. The van der Waals surface area contributed by atoms with Crippen LogP contribution in [0.3, 0.4) is 0 Å². The number of rotatable bonds is 7. The summed E-state index contributed by atoms with van der Waals surface area (Å²) in [7, 11) is 6.20. The molecule has 0 aliphatic rings. The van der Waals surface area contributed by atoms with Crippen LogP contribution in [0.15, 0.2) is 30.3 Å². The van der Waals surface area contributed by atoms with Crippen LogP contribution < -0.4 is 24.3 Å². The molecule has 0 saturated carbocycles. The van der Waals surface area contributed by atoms with Gasteiger partial charge in [-0.15, -0.1) is 0 Å². The van der Waals surface area contributed by atoms with Gasteiger partial charge in [0.15, 0.2) is 16.6 Å². The van der Waals surface area contributed by atoms with Gasteiger partial charge in [-0.1, -0.05) is 17.4 Å². The third kappa shape index (κ3) is 3.90. The fourth-order valence-corrected chi connectivity index (χ4v) is 3.63. The molecule has 0 aliphatic carbocycles. The van der Waals surface area contributed by atoms with Gasteiger partial charge >= 0.3 is 0 Å². The van der Waals surface area contributed by atoms with E-state index >= 15 is 0 Å². The third-order valence-corrected chi connectivity index (χ3v) is 4.87. The Bertz CT molecular complexity index is 945. The molecule has 0 radical (unpaired) electrons. The summed E-state index contributed by atoms with van der Waals surface area (Å²) in [5.41, 5.74) is 1.47. The predicted molar refractivity (Wildman–Crippen MR) is 105 cm³/mol. The smallest absolute Gasteiger partial charge is 0.230 e. The van der Waals surface area contributed by atoms with E-state index in [-0.39, 0.29) is 12.3 Å². The van der Waals surface area contributed by atoms with Crippen molar-refractivity contribution in [3.8, 4) is 23.0 Å². The number of carbonyl (C=O) groups is 1. The van der Waals surface area contributed by atoms with Crippen molar-refractivity contribution in [3.63, 3.8) is 0 Å². The van der Waals surface area contributed by atoms with Gasteiger partial charge in [0.2, 0.25) is 11.7 Å². The molecular formula is C19H20N2O5S. The Morgan fingerprint density at radius 3 is 2.26 bits per heavy atom. The van der Waals surface area contributed by atoms with Crippen LogP contribution in [-0.2, 0) is 11.2 Å². The Labute approximate surface area is 160 Å². The molecule has 0 aliphatic heterocycles. The van der Waals surface area contributed by atoms with Crippen molar-refractivity contribution in [2.24, 2.45) is 0 Å². The van der Waals surface area contributed by atoms with Gasteiger partial charge in [0.05, 0.1) is 39.6 Å². The van der Waals surface area contributed by atoms with Crippen molar-refractivity contribution in [1.82, 2.24) is 4.98 Å². The van der Waals surface area contributed by atoms with Gasteiger partial charge in [0, 0.05) is 0 Å². The Hall–Kier alpha value is -3.00. The first-order chi connectivity index (χ1) is 13.1. The summed E-state index contributed by atoms with van der Waals surface area (Å²) in [6, 6.07) is 9.17. The van der Waals surface area contributed by atoms with Gasteiger partial charge in [-0.05, 0) is 29.8 Å². The highest BCUT2D eigenvalue weighted by molar-refractivity contribution is 7.22. The number of fused-ring (bicyclic) bond motifs is 1. The highest BCUT2D eigenvalue weighted by atomic mass is 32.1. The molecule has 0 bridgehead atoms. The molecule has 0 saturated heterocycles. The van der Waals surface area contributed by atoms with Gasteiger partial charge in [-0.2, -0.15) is 0 Å². The summed E-state index contributed by atoms with van der Waals surface area (Å²) in [4.78, 5) is 16.9. The second kappa shape index (κ2) is 8.13. The number of para-hydroxylation sites is 1. The number of nitrogens with zero attached hydrogens (tertiary/aromatic N) is 1. The van der Waals surface area contributed by atoms with Crippen molar-refractivity contribution in [2.75, 3.05) is 33.8 Å². The highest BCUT2D eigenvalue weighted by Gasteiger charge is 2.16. The van der Waals surface area contributed by atoms with Crippen LogP contribution >= 0.6 is 11.3 Å². The minimum atomic E-state index is -0.192. The summed E-state index contributed by atoms with van der Waals surface area (Å²) in [6.45, 7) is 0. The predicted octanol–water partition coefficient (Wildman–Crippen LogP) is 3.51. The van der Waals surface area contributed by atoms with Crippen LogP contribution in [-0.4, -0.2) is 39.3 Å². The molecule has 8 heteroatoms.